The van der Waals surface area contributed by atoms with Crippen molar-refractivity contribution in [2.75, 3.05) is 0 Å². The lowest BCUT2D eigenvalue weighted by molar-refractivity contribution is 0.504. The molecule has 1 aromatic rings. The first-order valence-electron chi connectivity index (χ1n) is 6.02. The molecule has 0 aliphatic heterocycles. The summed E-state index contributed by atoms with van der Waals surface area (Å²) in [6, 6.07) is 4.58. The summed E-state index contributed by atoms with van der Waals surface area (Å²) in [4.78, 5) is 3.64. The van der Waals surface area contributed by atoms with Gasteiger partial charge in [0.25, 0.3) is 0 Å². The van der Waals surface area contributed by atoms with Crippen molar-refractivity contribution in [3.05, 3.63) is 21.9 Å². The van der Waals surface area contributed by atoms with Crippen LogP contribution >= 0.6 is 27.3 Å². The van der Waals surface area contributed by atoms with Crippen LogP contribution in [0, 0.1) is 5.92 Å². The predicted octanol–water partition coefficient (Wildman–Crippen LogP) is 5.33. The zero-order chi connectivity index (χ0) is 10.7. The summed E-state index contributed by atoms with van der Waals surface area (Å²) in [5, 5.41) is 0. The van der Waals surface area contributed by atoms with Gasteiger partial charge in [-0.25, -0.2) is 0 Å². The molecule has 2 heteroatoms. The van der Waals surface area contributed by atoms with E-state index in [9.17, 15) is 0 Å². The first kappa shape index (κ1) is 11.7. The summed E-state index contributed by atoms with van der Waals surface area (Å²) < 4.78 is 0. The fourth-order valence-corrected chi connectivity index (χ4v) is 4.31. The smallest absolute Gasteiger partial charge is 0.0491 e. The molecule has 1 aromatic heterocycles. The minimum Gasteiger partial charge on any atom is -0.144 e. The Bertz CT molecular complexity index is 299. The SMILES string of the molecule is CCc1ccc(C(Br)CC2CCCC2)s1. The van der Waals surface area contributed by atoms with Crippen LogP contribution in [0.5, 0.6) is 0 Å². The van der Waals surface area contributed by atoms with E-state index >= 15 is 0 Å². The summed E-state index contributed by atoms with van der Waals surface area (Å²) in [5.74, 6) is 0.974. The Kier molecular flexibility index (Phi) is 4.27. The molecule has 0 N–H and O–H groups in total. The molecule has 1 fully saturated rings. The topological polar surface area (TPSA) is 0 Å². The molecule has 0 nitrogen and oxygen atoms in total. The van der Waals surface area contributed by atoms with E-state index in [-0.39, 0.29) is 0 Å². The summed E-state index contributed by atoms with van der Waals surface area (Å²) in [5.41, 5.74) is 0. The molecule has 0 amide bonds. The highest BCUT2D eigenvalue weighted by Crippen LogP contribution is 2.39. The van der Waals surface area contributed by atoms with E-state index in [4.69, 9.17) is 0 Å². The van der Waals surface area contributed by atoms with E-state index < -0.39 is 0 Å². The Balaban J connectivity index is 1.91. The lowest BCUT2D eigenvalue weighted by atomic mass is 10.0. The number of hydrogen-bond donors (Lipinski definition) is 0. The maximum Gasteiger partial charge on any atom is 0.0491 e. The lowest BCUT2D eigenvalue weighted by Gasteiger charge is -2.13. The van der Waals surface area contributed by atoms with Crippen LogP contribution in [0.2, 0.25) is 0 Å². The average Bonchev–Trinajstić information content (AvgIpc) is 2.86. The molecule has 2 rings (SSSR count). The summed E-state index contributed by atoms with van der Waals surface area (Å²) in [6.45, 7) is 2.23. The Labute approximate surface area is 105 Å². The van der Waals surface area contributed by atoms with Gasteiger partial charge in [-0.05, 0) is 30.9 Å². The van der Waals surface area contributed by atoms with E-state index in [1.54, 1.807) is 0 Å². The number of aryl methyl sites for hydroxylation is 1. The lowest BCUT2D eigenvalue weighted by Crippen LogP contribution is -1.97. The van der Waals surface area contributed by atoms with Gasteiger partial charge in [0, 0.05) is 14.6 Å². The van der Waals surface area contributed by atoms with Gasteiger partial charge in [-0.1, -0.05) is 48.5 Å². The highest BCUT2D eigenvalue weighted by Gasteiger charge is 2.20. The Morgan fingerprint density at radius 2 is 2.13 bits per heavy atom. The second-order valence-electron chi connectivity index (χ2n) is 4.51. The second-order valence-corrected chi connectivity index (χ2v) is 6.82. The van der Waals surface area contributed by atoms with Gasteiger partial charge in [-0.3, -0.25) is 0 Å². The van der Waals surface area contributed by atoms with Crippen molar-refractivity contribution < 1.29 is 0 Å². The first-order valence-corrected chi connectivity index (χ1v) is 7.75. The molecule has 0 spiro atoms. The van der Waals surface area contributed by atoms with Crippen molar-refractivity contribution in [3.8, 4) is 0 Å². The van der Waals surface area contributed by atoms with Gasteiger partial charge in [-0.15, -0.1) is 11.3 Å². The van der Waals surface area contributed by atoms with Crippen LogP contribution < -0.4 is 0 Å². The van der Waals surface area contributed by atoms with E-state index in [0.29, 0.717) is 4.83 Å². The molecule has 0 saturated heterocycles. The molecule has 0 aromatic carbocycles. The molecule has 1 aliphatic carbocycles. The first-order chi connectivity index (χ1) is 7.29. The fourth-order valence-electron chi connectivity index (χ4n) is 2.41. The maximum atomic E-state index is 3.85. The zero-order valence-electron chi connectivity index (χ0n) is 9.34. The van der Waals surface area contributed by atoms with Crippen molar-refractivity contribution in [3.63, 3.8) is 0 Å². The van der Waals surface area contributed by atoms with Crippen LogP contribution in [-0.2, 0) is 6.42 Å². The zero-order valence-corrected chi connectivity index (χ0v) is 11.7. The number of hydrogen-bond acceptors (Lipinski definition) is 1. The Morgan fingerprint density at radius 1 is 1.40 bits per heavy atom. The van der Waals surface area contributed by atoms with Crippen LogP contribution in [0.3, 0.4) is 0 Å². The van der Waals surface area contributed by atoms with Gasteiger partial charge in [0.05, 0.1) is 0 Å². The van der Waals surface area contributed by atoms with Gasteiger partial charge in [-0.2, -0.15) is 0 Å². The van der Waals surface area contributed by atoms with E-state index in [2.05, 4.69) is 35.0 Å². The van der Waals surface area contributed by atoms with Crippen LogP contribution in [-0.4, -0.2) is 0 Å². The van der Waals surface area contributed by atoms with E-state index in [0.717, 1.165) is 5.92 Å². The third kappa shape index (κ3) is 3.07. The second kappa shape index (κ2) is 5.49. The fraction of sp³-hybridized carbons (Fsp3) is 0.692. The Morgan fingerprint density at radius 3 is 2.73 bits per heavy atom. The third-order valence-corrected chi connectivity index (χ3v) is 5.87. The summed E-state index contributed by atoms with van der Waals surface area (Å²) in [6.07, 6.45) is 8.32. The summed E-state index contributed by atoms with van der Waals surface area (Å²) in [7, 11) is 0. The van der Waals surface area contributed by atoms with Crippen molar-refractivity contribution in [2.45, 2.75) is 50.3 Å². The van der Waals surface area contributed by atoms with Crippen molar-refractivity contribution in [1.82, 2.24) is 0 Å². The number of rotatable bonds is 4. The third-order valence-electron chi connectivity index (χ3n) is 3.35. The number of halogens is 1. The maximum absolute atomic E-state index is 3.85. The van der Waals surface area contributed by atoms with Crippen molar-refractivity contribution in [1.29, 1.82) is 0 Å². The molecule has 0 radical (unpaired) electrons. The van der Waals surface area contributed by atoms with Crippen LogP contribution in [0.1, 0.15) is 53.6 Å². The number of alkyl halides is 1. The molecule has 1 aliphatic rings. The van der Waals surface area contributed by atoms with E-state index in [1.165, 1.54) is 48.3 Å². The highest BCUT2D eigenvalue weighted by atomic mass is 79.9. The summed E-state index contributed by atoms with van der Waals surface area (Å²) >= 11 is 5.83. The molecular formula is C13H19BrS. The molecule has 0 bridgehead atoms. The Hall–Kier alpha value is 0.180. The minimum absolute atomic E-state index is 0.603. The van der Waals surface area contributed by atoms with Gasteiger partial charge in [0.1, 0.15) is 0 Å². The molecule has 1 atom stereocenters. The highest BCUT2D eigenvalue weighted by molar-refractivity contribution is 9.09. The molecule has 84 valence electrons. The molecule has 15 heavy (non-hydrogen) atoms. The van der Waals surface area contributed by atoms with Gasteiger partial charge >= 0.3 is 0 Å². The van der Waals surface area contributed by atoms with Crippen molar-refractivity contribution in [2.24, 2.45) is 5.92 Å². The molecule has 1 saturated carbocycles. The van der Waals surface area contributed by atoms with Crippen LogP contribution in [0.25, 0.3) is 0 Å². The quantitative estimate of drug-likeness (QED) is 0.657. The van der Waals surface area contributed by atoms with E-state index in [1.807, 2.05) is 11.3 Å². The normalized spacial score (nSPS) is 19.6. The van der Waals surface area contributed by atoms with Crippen LogP contribution in [0.4, 0.5) is 0 Å². The predicted molar refractivity (Wildman–Crippen MR) is 71.9 cm³/mol. The number of thiophene rings is 1. The van der Waals surface area contributed by atoms with Crippen LogP contribution in [0.15, 0.2) is 12.1 Å². The van der Waals surface area contributed by atoms with Gasteiger partial charge in [0.15, 0.2) is 0 Å². The minimum atomic E-state index is 0.603. The molecule has 1 unspecified atom stereocenters. The average molecular weight is 287 g/mol. The largest absolute Gasteiger partial charge is 0.144 e. The standard InChI is InChI=1S/C13H19BrS/c1-2-11-7-8-13(15-11)12(14)9-10-5-3-4-6-10/h7-8,10,12H,2-6,9H2,1H3. The van der Waals surface area contributed by atoms with Gasteiger partial charge < -0.3 is 0 Å². The molecule has 1 heterocycles. The van der Waals surface area contributed by atoms with Gasteiger partial charge in [0.2, 0.25) is 0 Å². The molecular weight excluding hydrogens is 268 g/mol. The monoisotopic (exact) mass is 286 g/mol. The van der Waals surface area contributed by atoms with Crippen molar-refractivity contribution >= 4 is 27.3 Å².